The molecule has 4 rings (SSSR count). The topological polar surface area (TPSA) is 104 Å². The highest BCUT2D eigenvalue weighted by Gasteiger charge is 2.23. The second kappa shape index (κ2) is 11.9. The Balaban J connectivity index is 1.43. The highest BCUT2D eigenvalue weighted by atomic mass is 16.5. The van der Waals surface area contributed by atoms with E-state index in [9.17, 15) is 14.4 Å². The van der Waals surface area contributed by atoms with Crippen LogP contribution in [-0.2, 0) is 29.1 Å². The van der Waals surface area contributed by atoms with Crippen molar-refractivity contribution in [3.63, 3.8) is 0 Å². The molecule has 37 heavy (non-hydrogen) atoms. The van der Waals surface area contributed by atoms with Crippen LogP contribution in [0.4, 0.5) is 4.79 Å². The van der Waals surface area contributed by atoms with E-state index in [0.717, 1.165) is 27.6 Å². The van der Waals surface area contributed by atoms with Crippen LogP contribution in [0.5, 0.6) is 0 Å². The predicted octanol–water partition coefficient (Wildman–Crippen LogP) is 4.02. The van der Waals surface area contributed by atoms with Crippen molar-refractivity contribution in [1.82, 2.24) is 20.5 Å². The zero-order valence-electron chi connectivity index (χ0n) is 20.9. The first-order valence-corrected chi connectivity index (χ1v) is 12.0. The molecule has 8 heteroatoms. The number of aromatic nitrogens is 1. The van der Waals surface area contributed by atoms with Crippen molar-refractivity contribution < 1.29 is 19.1 Å². The fourth-order valence-electron chi connectivity index (χ4n) is 3.97. The molecule has 0 aliphatic carbocycles. The van der Waals surface area contributed by atoms with E-state index in [4.69, 9.17) is 4.74 Å². The lowest BCUT2D eigenvalue weighted by molar-refractivity contribution is -0.123. The number of para-hydroxylation sites is 1. The van der Waals surface area contributed by atoms with E-state index in [1.165, 1.54) is 4.90 Å². The van der Waals surface area contributed by atoms with Gasteiger partial charge in [0.2, 0.25) is 5.91 Å². The minimum atomic E-state index is -0.850. The van der Waals surface area contributed by atoms with Gasteiger partial charge in [-0.2, -0.15) is 0 Å². The van der Waals surface area contributed by atoms with Crippen molar-refractivity contribution in [3.05, 3.63) is 107 Å². The van der Waals surface area contributed by atoms with Crippen LogP contribution in [0.25, 0.3) is 10.9 Å². The number of nitrogens with zero attached hydrogens (tertiary/aromatic N) is 1. The maximum absolute atomic E-state index is 13.2. The molecular formula is C29H30N4O4. The van der Waals surface area contributed by atoms with Crippen molar-refractivity contribution in [1.29, 1.82) is 0 Å². The second-order valence-corrected chi connectivity index (χ2v) is 8.94. The molecule has 190 valence electrons. The van der Waals surface area contributed by atoms with E-state index in [-0.39, 0.29) is 31.4 Å². The summed E-state index contributed by atoms with van der Waals surface area (Å²) >= 11 is 0. The maximum atomic E-state index is 13.2. The molecule has 0 unspecified atom stereocenters. The molecule has 0 aliphatic rings. The lowest BCUT2D eigenvalue weighted by Crippen LogP contribution is -2.48. The Hall–Kier alpha value is -4.59. The molecule has 0 spiro atoms. The summed E-state index contributed by atoms with van der Waals surface area (Å²) in [5, 5.41) is 6.61. The summed E-state index contributed by atoms with van der Waals surface area (Å²) < 4.78 is 5.36. The van der Waals surface area contributed by atoms with Crippen LogP contribution in [0.2, 0.25) is 0 Å². The van der Waals surface area contributed by atoms with E-state index in [0.29, 0.717) is 5.56 Å². The van der Waals surface area contributed by atoms with Crippen molar-refractivity contribution in [2.75, 3.05) is 14.1 Å². The van der Waals surface area contributed by atoms with E-state index >= 15 is 0 Å². The highest BCUT2D eigenvalue weighted by Crippen LogP contribution is 2.19. The smallest absolute Gasteiger partial charge is 0.408 e. The lowest BCUT2D eigenvalue weighted by Gasteiger charge is -2.18. The van der Waals surface area contributed by atoms with Crippen molar-refractivity contribution in [2.24, 2.45) is 0 Å². The molecule has 4 aromatic rings. The fourth-order valence-corrected chi connectivity index (χ4v) is 3.97. The van der Waals surface area contributed by atoms with Gasteiger partial charge in [-0.1, -0.05) is 60.7 Å². The number of carbonyl (C=O) groups excluding carboxylic acids is 3. The molecule has 0 aliphatic heterocycles. The summed E-state index contributed by atoms with van der Waals surface area (Å²) in [6.07, 6.45) is 1.46. The van der Waals surface area contributed by atoms with E-state index in [1.807, 2.05) is 60.8 Å². The Labute approximate surface area is 215 Å². The normalized spacial score (nSPS) is 11.5. The fraction of sp³-hybridized carbons (Fsp3) is 0.207. The van der Waals surface area contributed by atoms with Crippen LogP contribution >= 0.6 is 0 Å². The zero-order valence-corrected chi connectivity index (χ0v) is 20.9. The molecule has 1 aromatic heterocycles. The summed E-state index contributed by atoms with van der Waals surface area (Å²) in [7, 11) is 3.39. The number of carbonyl (C=O) groups is 3. The van der Waals surface area contributed by atoms with Crippen LogP contribution in [0.15, 0.2) is 85.1 Å². The molecule has 0 fully saturated rings. The third-order valence-corrected chi connectivity index (χ3v) is 5.99. The first-order valence-electron chi connectivity index (χ1n) is 12.0. The Morgan fingerprint density at radius 3 is 2.32 bits per heavy atom. The van der Waals surface area contributed by atoms with Crippen LogP contribution in [0.3, 0.4) is 0 Å². The van der Waals surface area contributed by atoms with Crippen LogP contribution in [0.1, 0.15) is 27.0 Å². The van der Waals surface area contributed by atoms with Crippen LogP contribution in [0, 0.1) is 0 Å². The molecule has 8 nitrogen and oxygen atoms in total. The minimum Gasteiger partial charge on any atom is -0.445 e. The number of benzene rings is 3. The highest BCUT2D eigenvalue weighted by molar-refractivity contribution is 5.94. The first-order chi connectivity index (χ1) is 17.9. The third kappa shape index (κ3) is 6.76. The zero-order chi connectivity index (χ0) is 26.2. The number of fused-ring (bicyclic) bond motifs is 1. The summed E-state index contributed by atoms with van der Waals surface area (Å²) in [5.41, 5.74) is 4.12. The number of nitrogens with one attached hydrogen (secondary N) is 3. The van der Waals surface area contributed by atoms with Crippen molar-refractivity contribution in [2.45, 2.75) is 25.6 Å². The number of aromatic amines is 1. The molecule has 3 aromatic carbocycles. The minimum absolute atomic E-state index is 0.0902. The van der Waals surface area contributed by atoms with Gasteiger partial charge in [0, 0.05) is 49.7 Å². The maximum Gasteiger partial charge on any atom is 0.408 e. The van der Waals surface area contributed by atoms with Gasteiger partial charge in [-0.3, -0.25) is 9.59 Å². The monoisotopic (exact) mass is 498 g/mol. The summed E-state index contributed by atoms with van der Waals surface area (Å²) in [6, 6.07) is 23.3. The SMILES string of the molecule is CN(C)C(=O)c1ccc(CNC(=O)[C@H](Cc2c[nH]c3ccccc23)NC(=O)OCc2ccccc2)cc1. The van der Waals surface area contributed by atoms with Gasteiger partial charge in [-0.05, 0) is 34.9 Å². The second-order valence-electron chi connectivity index (χ2n) is 8.94. The van der Waals surface area contributed by atoms with Crippen molar-refractivity contribution in [3.8, 4) is 0 Å². The third-order valence-electron chi connectivity index (χ3n) is 5.99. The number of alkyl carbamates (subject to hydrolysis) is 1. The molecule has 0 radical (unpaired) electrons. The molecule has 0 saturated heterocycles. The lowest BCUT2D eigenvalue weighted by atomic mass is 10.0. The molecule has 0 saturated carbocycles. The first kappa shape index (κ1) is 25.5. The van der Waals surface area contributed by atoms with Gasteiger partial charge in [0.15, 0.2) is 0 Å². The summed E-state index contributed by atoms with van der Waals surface area (Å²) in [6.45, 7) is 0.354. The number of hydrogen-bond acceptors (Lipinski definition) is 4. The van der Waals surface area contributed by atoms with E-state index in [2.05, 4.69) is 15.6 Å². The molecular weight excluding hydrogens is 468 g/mol. The Morgan fingerprint density at radius 2 is 1.59 bits per heavy atom. The summed E-state index contributed by atoms with van der Waals surface area (Å²) in [4.78, 5) is 42.6. The molecule has 3 N–H and O–H groups in total. The molecule has 1 atom stereocenters. The predicted molar refractivity (Wildman–Crippen MR) is 142 cm³/mol. The number of H-pyrrole nitrogens is 1. The van der Waals surface area contributed by atoms with Gasteiger partial charge in [0.25, 0.3) is 5.91 Å². The van der Waals surface area contributed by atoms with E-state index < -0.39 is 12.1 Å². The van der Waals surface area contributed by atoms with Gasteiger partial charge >= 0.3 is 6.09 Å². The van der Waals surface area contributed by atoms with Gasteiger partial charge in [0.05, 0.1) is 0 Å². The van der Waals surface area contributed by atoms with Gasteiger partial charge in [-0.15, -0.1) is 0 Å². The van der Waals surface area contributed by atoms with Gasteiger partial charge in [-0.25, -0.2) is 4.79 Å². The average molecular weight is 499 g/mol. The average Bonchev–Trinajstić information content (AvgIpc) is 3.33. The Morgan fingerprint density at radius 1 is 0.892 bits per heavy atom. The largest absolute Gasteiger partial charge is 0.445 e. The van der Waals surface area contributed by atoms with E-state index in [1.54, 1.807) is 38.4 Å². The standard InChI is InChI=1S/C29H30N4O4/c1-33(2)28(35)22-14-12-20(13-15-22)17-31-27(34)26(16-23-18-30-25-11-7-6-10-24(23)25)32-29(36)37-19-21-8-4-3-5-9-21/h3-15,18,26,30H,16-17,19H2,1-2H3,(H,31,34)(H,32,36)/t26-/m0/s1. The Bertz CT molecular complexity index is 1360. The number of rotatable bonds is 9. The quantitative estimate of drug-likeness (QED) is 0.324. The summed E-state index contributed by atoms with van der Waals surface area (Å²) in [5.74, 6) is -0.428. The number of ether oxygens (including phenoxy) is 1. The molecule has 1 heterocycles. The van der Waals surface area contributed by atoms with Crippen LogP contribution < -0.4 is 10.6 Å². The van der Waals surface area contributed by atoms with Crippen LogP contribution in [-0.4, -0.2) is 47.9 Å². The Kier molecular flexibility index (Phi) is 8.20. The van der Waals surface area contributed by atoms with Gasteiger partial charge < -0.3 is 25.3 Å². The van der Waals surface area contributed by atoms with Crippen molar-refractivity contribution >= 4 is 28.8 Å². The molecule has 3 amide bonds. The number of hydrogen-bond donors (Lipinski definition) is 3. The molecule has 0 bridgehead atoms. The van der Waals surface area contributed by atoms with Gasteiger partial charge in [0.1, 0.15) is 12.6 Å². The number of amides is 3.